The maximum absolute atomic E-state index is 4.68. The number of fused-ring (bicyclic) bond motifs is 1. The number of allylic oxidation sites excluding steroid dienone is 3. The van der Waals surface area contributed by atoms with Crippen molar-refractivity contribution in [3.63, 3.8) is 0 Å². The minimum atomic E-state index is 0.531. The Bertz CT molecular complexity index is 1120. The van der Waals surface area contributed by atoms with Gasteiger partial charge in [-0.05, 0) is 59.6 Å². The quantitative estimate of drug-likeness (QED) is 0.523. The van der Waals surface area contributed by atoms with E-state index in [4.69, 9.17) is 0 Å². The number of anilines is 3. The monoisotopic (exact) mass is 465 g/mol. The van der Waals surface area contributed by atoms with Crippen molar-refractivity contribution in [1.29, 1.82) is 0 Å². The van der Waals surface area contributed by atoms with Gasteiger partial charge < -0.3 is 16.0 Å². The van der Waals surface area contributed by atoms with Crippen molar-refractivity contribution in [2.24, 2.45) is 7.05 Å². The Labute approximate surface area is 184 Å². The zero-order chi connectivity index (χ0) is 20.9. The number of halogens is 1. The maximum Gasteiger partial charge on any atom is 0.229 e. The highest BCUT2D eigenvalue weighted by molar-refractivity contribution is 9.10. The Morgan fingerprint density at radius 1 is 1.20 bits per heavy atom. The molecule has 0 unspecified atom stereocenters. The number of nitrogens with zero attached hydrogens (tertiary/aromatic N) is 4. The molecule has 3 heterocycles. The molecule has 7 nitrogen and oxygen atoms in total. The predicted molar refractivity (Wildman–Crippen MR) is 126 cm³/mol. The molecule has 0 radical (unpaired) electrons. The number of para-hydroxylation sites is 1. The largest absolute Gasteiger partial charge is 0.337 e. The van der Waals surface area contributed by atoms with Gasteiger partial charge in [0.2, 0.25) is 5.95 Å². The average Bonchev–Trinajstić information content (AvgIpc) is 3.05. The molecule has 3 N–H and O–H groups in total. The molecule has 0 amide bonds. The van der Waals surface area contributed by atoms with Crippen LogP contribution in [0.25, 0.3) is 11.0 Å². The van der Waals surface area contributed by atoms with Crippen LogP contribution in [-0.4, -0.2) is 32.8 Å². The topological polar surface area (TPSA) is 79.7 Å². The highest BCUT2D eigenvalue weighted by Crippen LogP contribution is 2.31. The van der Waals surface area contributed by atoms with E-state index in [2.05, 4.69) is 72.1 Å². The first-order chi connectivity index (χ1) is 14.6. The van der Waals surface area contributed by atoms with Gasteiger partial charge in [0, 0.05) is 30.0 Å². The lowest BCUT2D eigenvalue weighted by Gasteiger charge is -2.09. The normalized spacial score (nSPS) is 18.4. The van der Waals surface area contributed by atoms with Crippen LogP contribution in [0.2, 0.25) is 0 Å². The molecule has 1 aliphatic rings. The third kappa shape index (κ3) is 4.60. The summed E-state index contributed by atoms with van der Waals surface area (Å²) in [5, 5.41) is 15.5. The highest BCUT2D eigenvalue weighted by atomic mass is 79.9. The summed E-state index contributed by atoms with van der Waals surface area (Å²) in [6.45, 7) is 3.87. The lowest BCUT2D eigenvalue weighted by Crippen LogP contribution is -2.14. The summed E-state index contributed by atoms with van der Waals surface area (Å²) in [6.07, 6.45) is 13.1. The molecule has 0 saturated heterocycles. The van der Waals surface area contributed by atoms with Gasteiger partial charge >= 0.3 is 0 Å². The molecular weight excluding hydrogens is 442 g/mol. The molecule has 154 valence electrons. The van der Waals surface area contributed by atoms with Crippen molar-refractivity contribution in [1.82, 2.24) is 25.1 Å². The van der Waals surface area contributed by atoms with Crippen LogP contribution in [0.3, 0.4) is 0 Å². The van der Waals surface area contributed by atoms with Gasteiger partial charge in [0.05, 0.1) is 11.1 Å². The van der Waals surface area contributed by atoms with Crippen LogP contribution in [0, 0.1) is 6.92 Å². The molecule has 8 heteroatoms. The second kappa shape index (κ2) is 9.23. The number of rotatable bonds is 4. The van der Waals surface area contributed by atoms with Crippen molar-refractivity contribution in [3.05, 3.63) is 70.5 Å². The Morgan fingerprint density at radius 3 is 2.97 bits per heavy atom. The molecule has 3 aromatic rings. The lowest BCUT2D eigenvalue weighted by molar-refractivity contribution is 0.756. The summed E-state index contributed by atoms with van der Waals surface area (Å²) in [5.74, 6) is 1.25. The zero-order valence-corrected chi connectivity index (χ0v) is 18.6. The molecule has 0 spiro atoms. The van der Waals surface area contributed by atoms with Gasteiger partial charge in [0.15, 0.2) is 11.5 Å². The molecule has 30 heavy (non-hydrogen) atoms. The summed E-state index contributed by atoms with van der Waals surface area (Å²) < 4.78 is 2.75. The van der Waals surface area contributed by atoms with Gasteiger partial charge in [0.25, 0.3) is 0 Å². The van der Waals surface area contributed by atoms with Gasteiger partial charge in [0.1, 0.15) is 0 Å². The second-order valence-electron chi connectivity index (χ2n) is 7.03. The van der Waals surface area contributed by atoms with Gasteiger partial charge in [-0.1, -0.05) is 30.4 Å². The first-order valence-electron chi connectivity index (χ1n) is 9.85. The molecule has 0 atom stereocenters. The molecule has 1 aromatic carbocycles. The predicted octanol–water partition coefficient (Wildman–Crippen LogP) is 4.58. The van der Waals surface area contributed by atoms with Gasteiger partial charge in [-0.3, -0.25) is 0 Å². The Morgan fingerprint density at radius 2 is 2.10 bits per heavy atom. The fourth-order valence-electron chi connectivity index (χ4n) is 3.19. The van der Waals surface area contributed by atoms with Gasteiger partial charge in [-0.2, -0.15) is 10.1 Å². The molecule has 0 aliphatic carbocycles. The molecule has 0 saturated carbocycles. The summed E-state index contributed by atoms with van der Waals surface area (Å²) in [4.78, 5) is 9.20. The first kappa shape index (κ1) is 20.3. The Kier molecular flexibility index (Phi) is 6.25. The molecule has 4 rings (SSSR count). The van der Waals surface area contributed by atoms with Crippen molar-refractivity contribution < 1.29 is 0 Å². The standard InChI is InChI=1S/C22H24BrN7/c1-15-8-6-11-18(23)19(15)27-20-17-14-25-22(28-21(17)30(2)29-20)26-16-9-4-3-5-12-24-13-7-10-16/h3-4,6-11,14,24H,5,12-13H2,1-2H3,(H,27,29)(H,25,26,28)/b4-3+,10-7+,16-9+. The summed E-state index contributed by atoms with van der Waals surface area (Å²) in [5.41, 5.74) is 3.79. The minimum Gasteiger partial charge on any atom is -0.337 e. The van der Waals surface area contributed by atoms with E-state index in [0.717, 1.165) is 57.8 Å². The second-order valence-corrected chi connectivity index (χ2v) is 7.88. The lowest BCUT2D eigenvalue weighted by atomic mass is 10.2. The highest BCUT2D eigenvalue weighted by Gasteiger charge is 2.14. The van der Waals surface area contributed by atoms with Crippen molar-refractivity contribution >= 4 is 44.4 Å². The molecule has 0 bridgehead atoms. The van der Waals surface area contributed by atoms with E-state index in [-0.39, 0.29) is 0 Å². The first-order valence-corrected chi connectivity index (χ1v) is 10.6. The number of hydrogen-bond donors (Lipinski definition) is 3. The van der Waals surface area contributed by atoms with E-state index in [1.54, 1.807) is 10.9 Å². The Balaban J connectivity index is 1.62. The van der Waals surface area contributed by atoms with Crippen LogP contribution < -0.4 is 16.0 Å². The van der Waals surface area contributed by atoms with E-state index in [9.17, 15) is 0 Å². The van der Waals surface area contributed by atoms with Crippen molar-refractivity contribution in [2.75, 3.05) is 23.7 Å². The average molecular weight is 466 g/mol. The third-order valence-electron chi connectivity index (χ3n) is 4.76. The molecular formula is C22H24BrN7. The maximum atomic E-state index is 4.68. The summed E-state index contributed by atoms with van der Waals surface area (Å²) >= 11 is 3.60. The number of hydrogen-bond acceptors (Lipinski definition) is 6. The van der Waals surface area contributed by atoms with Crippen LogP contribution in [0.5, 0.6) is 0 Å². The van der Waals surface area contributed by atoms with Gasteiger partial charge in [-0.15, -0.1) is 0 Å². The number of aromatic nitrogens is 4. The molecule has 1 aliphatic heterocycles. The number of aryl methyl sites for hydroxylation is 2. The zero-order valence-electron chi connectivity index (χ0n) is 17.0. The van der Waals surface area contributed by atoms with E-state index in [1.165, 1.54) is 0 Å². The van der Waals surface area contributed by atoms with Crippen LogP contribution in [0.1, 0.15) is 12.0 Å². The van der Waals surface area contributed by atoms with E-state index < -0.39 is 0 Å². The van der Waals surface area contributed by atoms with E-state index in [1.807, 2.05) is 37.4 Å². The summed E-state index contributed by atoms with van der Waals surface area (Å²) in [6, 6.07) is 6.07. The third-order valence-corrected chi connectivity index (χ3v) is 5.42. The minimum absolute atomic E-state index is 0.531. The molecule has 0 fully saturated rings. The van der Waals surface area contributed by atoms with Crippen LogP contribution in [0.15, 0.2) is 64.9 Å². The fraction of sp³-hybridized carbons (Fsp3) is 0.227. The van der Waals surface area contributed by atoms with E-state index >= 15 is 0 Å². The smallest absolute Gasteiger partial charge is 0.229 e. The van der Waals surface area contributed by atoms with E-state index in [0.29, 0.717) is 5.95 Å². The number of nitrogens with one attached hydrogen (secondary N) is 3. The summed E-state index contributed by atoms with van der Waals surface area (Å²) in [7, 11) is 1.88. The van der Waals surface area contributed by atoms with Crippen LogP contribution in [-0.2, 0) is 7.05 Å². The number of benzene rings is 1. The van der Waals surface area contributed by atoms with Crippen LogP contribution in [0.4, 0.5) is 17.5 Å². The SMILES string of the molecule is Cc1cccc(Br)c1Nc1nn(C)c2nc(NC3=C/C=C/CCNC\C=C\3)ncc12. The molecule has 2 aromatic heterocycles. The van der Waals surface area contributed by atoms with Crippen LogP contribution >= 0.6 is 15.9 Å². The Hall–Kier alpha value is -2.97. The van der Waals surface area contributed by atoms with Crippen molar-refractivity contribution in [2.45, 2.75) is 13.3 Å². The van der Waals surface area contributed by atoms with Gasteiger partial charge in [-0.25, -0.2) is 9.67 Å². The van der Waals surface area contributed by atoms with Crippen molar-refractivity contribution in [3.8, 4) is 0 Å². The fourth-order valence-corrected chi connectivity index (χ4v) is 3.76.